The van der Waals surface area contributed by atoms with Crippen molar-refractivity contribution in [1.82, 2.24) is 34.0 Å². The topological polar surface area (TPSA) is 123 Å². The van der Waals surface area contributed by atoms with Crippen molar-refractivity contribution < 1.29 is 22.7 Å². The average Bonchev–Trinajstić information content (AvgIpc) is 3.35. The number of ether oxygens (including phenoxy) is 1. The first-order valence-corrected chi connectivity index (χ1v) is 13.9. The van der Waals surface area contributed by atoms with Gasteiger partial charge < -0.3 is 19.9 Å². The van der Waals surface area contributed by atoms with E-state index < -0.39 is 17.7 Å². The van der Waals surface area contributed by atoms with Crippen molar-refractivity contribution >= 4 is 50.9 Å². The highest BCUT2D eigenvalue weighted by Gasteiger charge is 2.41. The Morgan fingerprint density at radius 1 is 0.933 bits per heavy atom. The van der Waals surface area contributed by atoms with Crippen LogP contribution in [0, 0.1) is 0 Å². The van der Waals surface area contributed by atoms with E-state index in [1.54, 1.807) is 18.2 Å². The molecule has 0 saturated carbocycles. The number of likely N-dealkylation sites (N-methyl/N-ethyl adjacent to an activating group) is 1. The van der Waals surface area contributed by atoms with Gasteiger partial charge in [0.1, 0.15) is 11.1 Å². The number of carbonyl (C=O) groups is 1. The van der Waals surface area contributed by atoms with Gasteiger partial charge in [0.15, 0.2) is 17.1 Å². The number of rotatable bonds is 5. The number of aromatic nitrogens is 6. The van der Waals surface area contributed by atoms with Crippen LogP contribution in [0.2, 0.25) is 0 Å². The fraction of sp³-hybridized carbons (Fsp3) is 0.200. The molecule has 0 unspecified atom stereocenters. The normalized spacial score (nSPS) is 14.4. The van der Waals surface area contributed by atoms with Crippen molar-refractivity contribution in [2.24, 2.45) is 0 Å². The average molecular weight is 616 g/mol. The van der Waals surface area contributed by atoms with Gasteiger partial charge >= 0.3 is 12.1 Å². The maximum absolute atomic E-state index is 13.9. The summed E-state index contributed by atoms with van der Waals surface area (Å²) in [5, 5.41) is 3.48. The Bertz CT molecular complexity index is 2120. The third-order valence-electron chi connectivity index (χ3n) is 7.54. The molecule has 15 heteroatoms. The van der Waals surface area contributed by atoms with Crippen LogP contribution in [0.3, 0.4) is 0 Å². The number of nitrogens with zero attached hydrogens (tertiary/aromatic N) is 8. The highest BCUT2D eigenvalue weighted by Crippen LogP contribution is 2.30. The Hall–Kier alpha value is -5.57. The van der Waals surface area contributed by atoms with Gasteiger partial charge in [-0.25, -0.2) is 24.4 Å². The van der Waals surface area contributed by atoms with Crippen molar-refractivity contribution in [1.29, 1.82) is 0 Å². The smallest absolute Gasteiger partial charge is 0.420 e. The van der Waals surface area contributed by atoms with Crippen molar-refractivity contribution in [3.8, 4) is 11.6 Å². The molecule has 6 aromatic rings. The Morgan fingerprint density at radius 2 is 1.71 bits per heavy atom. The number of esters is 1. The molecule has 2 aromatic carbocycles. The molecule has 5 heterocycles. The van der Waals surface area contributed by atoms with Gasteiger partial charge in [-0.2, -0.15) is 22.7 Å². The van der Waals surface area contributed by atoms with Crippen LogP contribution in [0.15, 0.2) is 77.9 Å². The molecule has 7 rings (SSSR count). The fourth-order valence-corrected chi connectivity index (χ4v) is 5.26. The summed E-state index contributed by atoms with van der Waals surface area (Å²) in [6, 6.07) is 16.8. The number of piperazine rings is 1. The minimum Gasteiger partial charge on any atom is -0.420 e. The Balaban J connectivity index is 1.30. The summed E-state index contributed by atoms with van der Waals surface area (Å²) in [6.07, 6.45) is -2.29. The van der Waals surface area contributed by atoms with Crippen LogP contribution in [0.4, 0.5) is 30.5 Å². The first-order chi connectivity index (χ1) is 21.7. The van der Waals surface area contributed by atoms with Gasteiger partial charge in [0.25, 0.3) is 5.56 Å². The molecule has 0 amide bonds. The molecule has 1 aliphatic heterocycles. The van der Waals surface area contributed by atoms with E-state index in [0.717, 1.165) is 37.6 Å². The van der Waals surface area contributed by atoms with Crippen molar-refractivity contribution in [2.45, 2.75) is 6.18 Å². The summed E-state index contributed by atoms with van der Waals surface area (Å²) in [4.78, 5) is 47.7. The quantitative estimate of drug-likeness (QED) is 0.225. The van der Waals surface area contributed by atoms with Crippen LogP contribution in [0.1, 0.15) is 0 Å². The number of nitrogens with one attached hydrogen (secondary N) is 1. The van der Waals surface area contributed by atoms with E-state index in [0.29, 0.717) is 11.3 Å². The predicted molar refractivity (Wildman–Crippen MR) is 160 cm³/mol. The van der Waals surface area contributed by atoms with E-state index in [-0.39, 0.29) is 33.8 Å². The second-order valence-corrected chi connectivity index (χ2v) is 10.5. The first kappa shape index (κ1) is 28.2. The van der Waals surface area contributed by atoms with Crippen molar-refractivity contribution in [3.05, 3.63) is 83.4 Å². The third kappa shape index (κ3) is 5.26. The Kier molecular flexibility index (Phi) is 6.81. The largest absolute Gasteiger partial charge is 0.491 e. The van der Waals surface area contributed by atoms with E-state index in [2.05, 4.69) is 46.8 Å². The molecule has 1 saturated heterocycles. The van der Waals surface area contributed by atoms with E-state index in [4.69, 9.17) is 0 Å². The zero-order valence-corrected chi connectivity index (χ0v) is 23.7. The van der Waals surface area contributed by atoms with E-state index >= 15 is 0 Å². The fourth-order valence-electron chi connectivity index (χ4n) is 5.26. The van der Waals surface area contributed by atoms with Crippen LogP contribution in [0.5, 0.6) is 5.75 Å². The van der Waals surface area contributed by atoms with Gasteiger partial charge in [0.2, 0.25) is 5.95 Å². The number of fused-ring (bicyclic) bond motifs is 4. The molecule has 0 aliphatic carbocycles. The number of benzene rings is 2. The number of halogens is 3. The lowest BCUT2D eigenvalue weighted by Crippen LogP contribution is -2.44. The highest BCUT2D eigenvalue weighted by molar-refractivity contribution is 5.97. The van der Waals surface area contributed by atoms with Crippen LogP contribution in [-0.4, -0.2) is 79.4 Å². The van der Waals surface area contributed by atoms with Gasteiger partial charge in [-0.1, -0.05) is 6.07 Å². The molecule has 1 fully saturated rings. The van der Waals surface area contributed by atoms with Crippen LogP contribution >= 0.6 is 0 Å². The zero-order valence-electron chi connectivity index (χ0n) is 23.7. The van der Waals surface area contributed by atoms with E-state index in [1.165, 1.54) is 39.8 Å². The summed E-state index contributed by atoms with van der Waals surface area (Å²) in [5.74, 6) is -2.20. The number of anilines is 3. The summed E-state index contributed by atoms with van der Waals surface area (Å²) in [7, 11) is 2.10. The maximum atomic E-state index is 13.9. The van der Waals surface area contributed by atoms with Gasteiger partial charge in [0.05, 0.1) is 5.52 Å². The summed E-state index contributed by atoms with van der Waals surface area (Å²) < 4.78 is 46.0. The molecule has 1 aliphatic rings. The molecular weight excluding hydrogens is 591 g/mol. The number of hydrogen-bond donors (Lipinski definition) is 1. The summed E-state index contributed by atoms with van der Waals surface area (Å²) >= 11 is 0. The highest BCUT2D eigenvalue weighted by atomic mass is 19.4. The van der Waals surface area contributed by atoms with Crippen LogP contribution in [-0.2, 0) is 4.79 Å². The number of alkyl halides is 3. The lowest BCUT2D eigenvalue weighted by atomic mass is 10.2. The summed E-state index contributed by atoms with van der Waals surface area (Å²) in [6.45, 7) is 3.86. The van der Waals surface area contributed by atoms with Gasteiger partial charge in [-0.3, -0.25) is 4.79 Å². The molecule has 0 spiro atoms. The predicted octanol–water partition coefficient (Wildman–Crippen LogP) is 3.94. The van der Waals surface area contributed by atoms with Gasteiger partial charge in [-0.05, 0) is 61.6 Å². The van der Waals surface area contributed by atoms with E-state index in [1.807, 2.05) is 24.3 Å². The van der Waals surface area contributed by atoms with Crippen LogP contribution in [0.25, 0.3) is 33.4 Å². The van der Waals surface area contributed by atoms with Crippen LogP contribution < -0.4 is 20.5 Å². The van der Waals surface area contributed by atoms with Crippen molar-refractivity contribution in [2.75, 3.05) is 43.4 Å². The standard InChI is InChI=1S/C30H24F3N9O3/c1-39-12-14-40(15-13-39)19-7-5-18(6-8-19)36-29-35-17-22-25(38-29)37-26-21-16-20(45-28(44)30(31,32)33)9-10-23(21)41(42(26)27(22)43)24-4-2-3-11-34-24/h2-11,16-17H,12-15H2,1H3,(H,35,36,38). The molecule has 0 atom stereocenters. The number of hydrogen-bond acceptors (Lipinski definition) is 10. The molecule has 228 valence electrons. The molecule has 0 bridgehead atoms. The minimum absolute atomic E-state index is 0.0596. The van der Waals surface area contributed by atoms with Crippen molar-refractivity contribution in [3.63, 3.8) is 0 Å². The molecule has 1 N–H and O–H groups in total. The summed E-state index contributed by atoms with van der Waals surface area (Å²) in [5.41, 5.74) is 1.81. The lowest BCUT2D eigenvalue weighted by Gasteiger charge is -2.34. The second kappa shape index (κ2) is 10.9. The van der Waals surface area contributed by atoms with Gasteiger partial charge in [-0.15, -0.1) is 0 Å². The monoisotopic (exact) mass is 615 g/mol. The Morgan fingerprint density at radius 3 is 2.42 bits per heavy atom. The van der Waals surface area contributed by atoms with E-state index in [9.17, 15) is 22.8 Å². The first-order valence-electron chi connectivity index (χ1n) is 13.9. The number of pyridine rings is 1. The molecular formula is C30H24F3N9O3. The molecule has 0 radical (unpaired) electrons. The number of carbonyl (C=O) groups excluding carboxylic acids is 1. The zero-order chi connectivity index (χ0) is 31.3. The SMILES string of the molecule is CN1CCN(c2ccc(Nc3ncc4c(=O)n5c(nc4n3)c3cc(OC(=O)C(F)(F)F)ccc3n5-c3ccccn3)cc2)CC1. The minimum atomic E-state index is -5.19. The molecule has 12 nitrogen and oxygen atoms in total. The van der Waals surface area contributed by atoms with Gasteiger partial charge in [0, 0.05) is 55.3 Å². The molecule has 4 aromatic heterocycles. The second-order valence-electron chi connectivity index (χ2n) is 10.5. The molecule has 45 heavy (non-hydrogen) atoms. The lowest BCUT2D eigenvalue weighted by molar-refractivity contribution is -0.189. The Labute approximate surface area is 252 Å². The third-order valence-corrected chi connectivity index (χ3v) is 7.54. The maximum Gasteiger partial charge on any atom is 0.491 e.